The van der Waals surface area contributed by atoms with Crippen LogP contribution in [0.25, 0.3) is 0 Å². The number of esters is 1. The molecule has 1 aliphatic rings. The fourth-order valence-corrected chi connectivity index (χ4v) is 3.60. The van der Waals surface area contributed by atoms with Crippen LogP contribution in [-0.2, 0) is 21.0 Å². The number of halogens is 1. The lowest BCUT2D eigenvalue weighted by molar-refractivity contribution is 0.0600. The normalized spacial score (nSPS) is 21.8. The van der Waals surface area contributed by atoms with Crippen LogP contribution in [0, 0.1) is 0 Å². The van der Waals surface area contributed by atoms with Gasteiger partial charge in [-0.15, -0.1) is 0 Å². The molecule has 1 unspecified atom stereocenters. The van der Waals surface area contributed by atoms with Crippen molar-refractivity contribution in [2.75, 3.05) is 7.11 Å². The van der Waals surface area contributed by atoms with Crippen molar-refractivity contribution in [1.29, 1.82) is 0 Å². The number of fused-ring (bicyclic) bond motifs is 1. The van der Waals surface area contributed by atoms with Gasteiger partial charge >= 0.3 is 5.97 Å². The molecular weight excluding hydrogens is 259 g/mol. The first-order valence-corrected chi connectivity index (χ1v) is 7.10. The first kappa shape index (κ1) is 13.0. The summed E-state index contributed by atoms with van der Waals surface area (Å²) in [6.45, 7) is 0. The van der Waals surface area contributed by atoms with E-state index in [2.05, 4.69) is 4.74 Å². The summed E-state index contributed by atoms with van der Waals surface area (Å²) in [5.74, 6) is -0.632. The smallest absolute Gasteiger partial charge is 0.337 e. The molecule has 0 bridgehead atoms. The molecule has 1 atom stereocenters. The second-order valence-electron chi connectivity index (χ2n) is 4.16. The van der Waals surface area contributed by atoms with Crippen molar-refractivity contribution < 1.29 is 22.3 Å². The SMILES string of the molecule is COC(=O)c1ccc2c(c1)S(=O)(=O)C(F)CCC2. The van der Waals surface area contributed by atoms with Gasteiger partial charge in [0.2, 0.25) is 15.3 Å². The highest BCUT2D eigenvalue weighted by molar-refractivity contribution is 7.92. The molecule has 0 spiro atoms. The molecule has 0 amide bonds. The Bertz CT molecular complexity index is 580. The molecule has 18 heavy (non-hydrogen) atoms. The largest absolute Gasteiger partial charge is 0.465 e. The van der Waals surface area contributed by atoms with Crippen LogP contribution < -0.4 is 0 Å². The zero-order valence-electron chi connectivity index (χ0n) is 9.85. The van der Waals surface area contributed by atoms with Gasteiger partial charge in [-0.1, -0.05) is 6.07 Å². The van der Waals surface area contributed by atoms with E-state index in [0.29, 0.717) is 18.4 Å². The van der Waals surface area contributed by atoms with E-state index in [1.807, 2.05) is 0 Å². The van der Waals surface area contributed by atoms with Crippen molar-refractivity contribution in [2.24, 2.45) is 0 Å². The molecule has 1 heterocycles. The third-order valence-corrected chi connectivity index (χ3v) is 4.91. The maximum absolute atomic E-state index is 13.6. The quantitative estimate of drug-likeness (QED) is 0.732. The van der Waals surface area contributed by atoms with Crippen molar-refractivity contribution in [3.63, 3.8) is 0 Å². The van der Waals surface area contributed by atoms with Gasteiger partial charge in [-0.2, -0.15) is 0 Å². The van der Waals surface area contributed by atoms with E-state index in [0.717, 1.165) is 0 Å². The summed E-state index contributed by atoms with van der Waals surface area (Å²) < 4.78 is 42.1. The van der Waals surface area contributed by atoms with E-state index in [9.17, 15) is 17.6 Å². The summed E-state index contributed by atoms with van der Waals surface area (Å²) in [7, 11) is -2.79. The Labute approximate surface area is 105 Å². The van der Waals surface area contributed by atoms with Crippen molar-refractivity contribution in [3.8, 4) is 0 Å². The van der Waals surface area contributed by atoms with E-state index in [-0.39, 0.29) is 16.9 Å². The summed E-state index contributed by atoms with van der Waals surface area (Å²) in [5.41, 5.74) is -1.22. The third-order valence-electron chi connectivity index (χ3n) is 3.01. The van der Waals surface area contributed by atoms with E-state index in [4.69, 9.17) is 0 Å². The Kier molecular flexibility index (Phi) is 3.38. The Morgan fingerprint density at radius 3 is 2.83 bits per heavy atom. The van der Waals surface area contributed by atoms with E-state index in [1.165, 1.54) is 19.2 Å². The Balaban J connectivity index is 2.59. The molecular formula is C12H13FO4S. The summed E-state index contributed by atoms with van der Waals surface area (Å²) in [4.78, 5) is 11.3. The molecule has 1 aromatic carbocycles. The number of benzene rings is 1. The second kappa shape index (κ2) is 4.68. The molecule has 0 fully saturated rings. The molecule has 0 aromatic heterocycles. The fourth-order valence-electron chi connectivity index (χ4n) is 2.02. The van der Waals surface area contributed by atoms with Crippen LogP contribution in [0.4, 0.5) is 4.39 Å². The van der Waals surface area contributed by atoms with Crippen LogP contribution in [0.5, 0.6) is 0 Å². The van der Waals surface area contributed by atoms with Gasteiger partial charge in [0.1, 0.15) is 0 Å². The van der Waals surface area contributed by atoms with Gasteiger partial charge in [0, 0.05) is 0 Å². The predicted octanol–water partition coefficient (Wildman–Crippen LogP) is 1.88. The van der Waals surface area contributed by atoms with Gasteiger partial charge in [-0.3, -0.25) is 0 Å². The number of carbonyl (C=O) groups is 1. The lowest BCUT2D eigenvalue weighted by Crippen LogP contribution is -2.16. The number of carbonyl (C=O) groups excluding carboxylic acids is 1. The van der Waals surface area contributed by atoms with E-state index < -0.39 is 21.3 Å². The Hall–Kier alpha value is -1.43. The molecule has 0 N–H and O–H groups in total. The zero-order valence-corrected chi connectivity index (χ0v) is 10.7. The average Bonchev–Trinajstić information content (AvgIpc) is 2.47. The van der Waals surface area contributed by atoms with Gasteiger partial charge in [0.15, 0.2) is 0 Å². The molecule has 0 radical (unpaired) electrons. The van der Waals surface area contributed by atoms with Crippen molar-refractivity contribution in [3.05, 3.63) is 29.3 Å². The summed E-state index contributed by atoms with van der Waals surface area (Å²) >= 11 is 0. The van der Waals surface area contributed by atoms with Gasteiger partial charge in [-0.05, 0) is 37.0 Å². The molecule has 4 nitrogen and oxygen atoms in total. The predicted molar refractivity (Wildman–Crippen MR) is 62.8 cm³/mol. The van der Waals surface area contributed by atoms with Gasteiger partial charge in [0.25, 0.3) is 0 Å². The molecule has 1 aliphatic heterocycles. The summed E-state index contributed by atoms with van der Waals surface area (Å²) in [6, 6.07) is 4.25. The van der Waals surface area contributed by atoms with Gasteiger partial charge in [-0.25, -0.2) is 17.6 Å². The summed E-state index contributed by atoms with van der Waals surface area (Å²) in [5, 5.41) is 0. The van der Waals surface area contributed by atoms with Crippen molar-refractivity contribution in [1.82, 2.24) is 0 Å². The highest BCUT2D eigenvalue weighted by Gasteiger charge is 2.32. The minimum Gasteiger partial charge on any atom is -0.465 e. The van der Waals surface area contributed by atoms with E-state index >= 15 is 0 Å². The van der Waals surface area contributed by atoms with E-state index in [1.54, 1.807) is 6.07 Å². The van der Waals surface area contributed by atoms with Crippen LogP contribution in [-0.4, -0.2) is 27.0 Å². The Morgan fingerprint density at radius 1 is 1.44 bits per heavy atom. The Morgan fingerprint density at radius 2 is 2.17 bits per heavy atom. The van der Waals surface area contributed by atoms with Crippen LogP contribution in [0.2, 0.25) is 0 Å². The first-order chi connectivity index (χ1) is 8.46. The number of aryl methyl sites for hydroxylation is 1. The number of methoxy groups -OCH3 is 1. The van der Waals surface area contributed by atoms with Gasteiger partial charge in [0.05, 0.1) is 17.6 Å². The highest BCUT2D eigenvalue weighted by Crippen LogP contribution is 2.30. The lowest BCUT2D eigenvalue weighted by Gasteiger charge is -2.09. The minimum atomic E-state index is -4.00. The lowest BCUT2D eigenvalue weighted by atomic mass is 10.1. The molecule has 1 aromatic rings. The maximum Gasteiger partial charge on any atom is 0.337 e. The number of ether oxygens (including phenoxy) is 1. The van der Waals surface area contributed by atoms with Gasteiger partial charge < -0.3 is 4.74 Å². The van der Waals surface area contributed by atoms with Crippen molar-refractivity contribution >= 4 is 15.8 Å². The molecule has 6 heteroatoms. The number of sulfone groups is 1. The summed E-state index contributed by atoms with van der Waals surface area (Å²) in [6.07, 6.45) is 0.964. The maximum atomic E-state index is 13.6. The number of rotatable bonds is 1. The highest BCUT2D eigenvalue weighted by atomic mass is 32.2. The third kappa shape index (κ3) is 2.12. The zero-order chi connectivity index (χ0) is 13.3. The standard InChI is InChI=1S/C12H13FO4S/c1-17-12(14)9-6-5-8-3-2-4-11(13)18(15,16)10(8)7-9/h5-7,11H,2-4H2,1H3. The monoisotopic (exact) mass is 272 g/mol. The number of hydrogen-bond acceptors (Lipinski definition) is 4. The first-order valence-electron chi connectivity index (χ1n) is 5.56. The van der Waals surface area contributed by atoms with Crippen LogP contribution in [0.1, 0.15) is 28.8 Å². The topological polar surface area (TPSA) is 60.4 Å². The molecule has 0 saturated carbocycles. The molecule has 0 saturated heterocycles. The van der Waals surface area contributed by atoms with Crippen LogP contribution >= 0.6 is 0 Å². The average molecular weight is 272 g/mol. The molecule has 0 aliphatic carbocycles. The molecule has 98 valence electrons. The van der Waals surface area contributed by atoms with Crippen LogP contribution in [0.3, 0.4) is 0 Å². The second-order valence-corrected chi connectivity index (χ2v) is 6.20. The molecule has 2 rings (SSSR count). The fraction of sp³-hybridized carbons (Fsp3) is 0.417. The minimum absolute atomic E-state index is 0.00935. The van der Waals surface area contributed by atoms with Crippen molar-refractivity contribution in [2.45, 2.75) is 29.7 Å². The number of hydrogen-bond donors (Lipinski definition) is 0. The van der Waals surface area contributed by atoms with Crippen LogP contribution in [0.15, 0.2) is 23.1 Å². The number of alkyl halides is 1.